The van der Waals surface area contributed by atoms with E-state index in [0.29, 0.717) is 17.0 Å². The molecule has 0 atom stereocenters. The maximum absolute atomic E-state index is 11.7. The molecule has 0 radical (unpaired) electrons. The van der Waals surface area contributed by atoms with Gasteiger partial charge in [-0.2, -0.15) is 0 Å². The number of esters is 1. The van der Waals surface area contributed by atoms with Crippen LogP contribution in [0.25, 0.3) is 16.7 Å². The molecule has 25 heavy (non-hydrogen) atoms. The molecule has 0 spiro atoms. The van der Waals surface area contributed by atoms with E-state index in [1.165, 1.54) is 4.80 Å². The molecule has 0 aliphatic heterocycles. The van der Waals surface area contributed by atoms with E-state index in [0.717, 1.165) is 11.0 Å². The molecule has 2 aromatic carbocycles. The van der Waals surface area contributed by atoms with Gasteiger partial charge in [0.2, 0.25) is 0 Å². The van der Waals surface area contributed by atoms with Gasteiger partial charge < -0.3 is 9.84 Å². The summed E-state index contributed by atoms with van der Waals surface area (Å²) in [5.74, 6) is 0.102. The fourth-order valence-corrected chi connectivity index (χ4v) is 2.55. The zero-order chi connectivity index (χ0) is 18.2. The van der Waals surface area contributed by atoms with Crippen LogP contribution in [0.2, 0.25) is 0 Å². The van der Waals surface area contributed by atoms with Crippen molar-refractivity contribution >= 4 is 17.0 Å². The Hall–Kier alpha value is -2.89. The van der Waals surface area contributed by atoms with E-state index < -0.39 is 0 Å². The van der Waals surface area contributed by atoms with Gasteiger partial charge in [0.1, 0.15) is 28.2 Å². The lowest BCUT2D eigenvalue weighted by atomic mass is 9.86. The number of aromatic nitrogens is 3. The molecule has 0 saturated carbocycles. The van der Waals surface area contributed by atoms with Crippen molar-refractivity contribution in [3.05, 3.63) is 42.0 Å². The number of benzene rings is 2. The SMILES string of the molecule is CCC(=O)Oc1cc(-n2nc3ccccc3n2)c(O)c(C(C)(C)C)c1. The lowest BCUT2D eigenvalue weighted by molar-refractivity contribution is -0.134. The van der Waals surface area contributed by atoms with Gasteiger partial charge in [0.25, 0.3) is 0 Å². The predicted molar refractivity (Wildman–Crippen MR) is 95.2 cm³/mol. The van der Waals surface area contributed by atoms with E-state index >= 15 is 0 Å². The monoisotopic (exact) mass is 339 g/mol. The lowest BCUT2D eigenvalue weighted by Gasteiger charge is -2.22. The van der Waals surface area contributed by atoms with Crippen LogP contribution in [0.5, 0.6) is 11.5 Å². The summed E-state index contributed by atoms with van der Waals surface area (Å²) in [6.45, 7) is 7.66. The maximum Gasteiger partial charge on any atom is 0.310 e. The zero-order valence-electron chi connectivity index (χ0n) is 14.8. The number of ether oxygens (including phenoxy) is 1. The lowest BCUT2D eigenvalue weighted by Crippen LogP contribution is -2.14. The quantitative estimate of drug-likeness (QED) is 0.581. The van der Waals surface area contributed by atoms with Gasteiger partial charge in [-0.15, -0.1) is 15.0 Å². The van der Waals surface area contributed by atoms with Gasteiger partial charge in [-0.05, 0) is 23.6 Å². The second kappa shape index (κ2) is 6.20. The van der Waals surface area contributed by atoms with E-state index in [4.69, 9.17) is 4.74 Å². The summed E-state index contributed by atoms with van der Waals surface area (Å²) in [7, 11) is 0. The highest BCUT2D eigenvalue weighted by atomic mass is 16.5. The minimum absolute atomic E-state index is 0.0732. The number of phenols is 1. The Balaban J connectivity index is 2.19. The smallest absolute Gasteiger partial charge is 0.310 e. The van der Waals surface area contributed by atoms with E-state index in [9.17, 15) is 9.90 Å². The molecule has 0 saturated heterocycles. The Morgan fingerprint density at radius 3 is 2.28 bits per heavy atom. The molecular weight excluding hydrogens is 318 g/mol. The highest BCUT2D eigenvalue weighted by Crippen LogP contribution is 2.38. The number of fused-ring (bicyclic) bond motifs is 1. The third-order valence-electron chi connectivity index (χ3n) is 3.89. The van der Waals surface area contributed by atoms with Crippen LogP contribution in [0.4, 0.5) is 0 Å². The number of nitrogens with zero attached hydrogens (tertiary/aromatic N) is 3. The number of carbonyl (C=O) groups is 1. The summed E-state index contributed by atoms with van der Waals surface area (Å²) in [5, 5.41) is 19.6. The molecule has 0 aliphatic carbocycles. The van der Waals surface area contributed by atoms with Gasteiger partial charge in [0, 0.05) is 18.1 Å². The van der Waals surface area contributed by atoms with Crippen molar-refractivity contribution in [1.29, 1.82) is 0 Å². The highest BCUT2D eigenvalue weighted by Gasteiger charge is 2.24. The van der Waals surface area contributed by atoms with Crippen molar-refractivity contribution < 1.29 is 14.6 Å². The summed E-state index contributed by atoms with van der Waals surface area (Å²) in [4.78, 5) is 13.1. The molecule has 6 nitrogen and oxygen atoms in total. The number of carbonyl (C=O) groups excluding carboxylic acids is 1. The summed E-state index contributed by atoms with van der Waals surface area (Å²) in [5.41, 5.74) is 2.12. The van der Waals surface area contributed by atoms with Crippen LogP contribution < -0.4 is 4.74 Å². The Labute approximate surface area is 146 Å². The van der Waals surface area contributed by atoms with E-state index in [1.54, 1.807) is 19.1 Å². The molecule has 0 unspecified atom stereocenters. The molecule has 0 amide bonds. The zero-order valence-corrected chi connectivity index (χ0v) is 14.8. The Kier molecular flexibility index (Phi) is 4.20. The maximum atomic E-state index is 11.7. The number of hydrogen-bond acceptors (Lipinski definition) is 5. The molecule has 0 fully saturated rings. The van der Waals surface area contributed by atoms with E-state index in [-0.39, 0.29) is 23.6 Å². The summed E-state index contributed by atoms with van der Waals surface area (Å²) < 4.78 is 5.37. The third-order valence-corrected chi connectivity index (χ3v) is 3.89. The first-order valence-electron chi connectivity index (χ1n) is 8.20. The molecule has 1 aromatic heterocycles. The first-order chi connectivity index (χ1) is 11.8. The summed E-state index contributed by atoms with van der Waals surface area (Å²) >= 11 is 0. The molecule has 0 bridgehead atoms. The number of hydrogen-bond donors (Lipinski definition) is 1. The van der Waals surface area contributed by atoms with Gasteiger partial charge >= 0.3 is 5.97 Å². The van der Waals surface area contributed by atoms with Gasteiger partial charge in [-0.25, -0.2) is 0 Å². The van der Waals surface area contributed by atoms with Gasteiger partial charge in [-0.1, -0.05) is 39.8 Å². The van der Waals surface area contributed by atoms with Crippen LogP contribution in [-0.4, -0.2) is 26.1 Å². The molecule has 0 aliphatic rings. The highest BCUT2D eigenvalue weighted by molar-refractivity contribution is 5.75. The average Bonchev–Trinajstić information content (AvgIpc) is 2.98. The number of rotatable bonds is 3. The van der Waals surface area contributed by atoms with E-state index in [2.05, 4.69) is 10.2 Å². The molecule has 3 rings (SSSR count). The van der Waals surface area contributed by atoms with Crippen LogP contribution in [-0.2, 0) is 10.2 Å². The van der Waals surface area contributed by atoms with Crippen LogP contribution in [0.3, 0.4) is 0 Å². The minimum Gasteiger partial charge on any atom is -0.505 e. The first kappa shape index (κ1) is 17.0. The number of aromatic hydroxyl groups is 1. The topological polar surface area (TPSA) is 77.2 Å². The first-order valence-corrected chi connectivity index (χ1v) is 8.20. The van der Waals surface area contributed by atoms with Crippen molar-refractivity contribution in [3.63, 3.8) is 0 Å². The average molecular weight is 339 g/mol. The Bertz CT molecular complexity index is 906. The van der Waals surface area contributed by atoms with Gasteiger partial charge in [-0.3, -0.25) is 4.79 Å². The van der Waals surface area contributed by atoms with Gasteiger partial charge in [0.15, 0.2) is 0 Å². The van der Waals surface area contributed by atoms with Crippen molar-refractivity contribution in [2.75, 3.05) is 0 Å². The fraction of sp³-hybridized carbons (Fsp3) is 0.316. The molecule has 3 aromatic rings. The Morgan fingerprint density at radius 1 is 1.16 bits per heavy atom. The van der Waals surface area contributed by atoms with Crippen molar-refractivity contribution in [2.24, 2.45) is 0 Å². The molecule has 1 heterocycles. The molecule has 6 heteroatoms. The van der Waals surface area contributed by atoms with Crippen LogP contribution in [0.1, 0.15) is 39.7 Å². The second-order valence-electron chi connectivity index (χ2n) is 6.89. The normalized spacial score (nSPS) is 11.7. The van der Waals surface area contributed by atoms with Crippen molar-refractivity contribution in [1.82, 2.24) is 15.0 Å². The largest absolute Gasteiger partial charge is 0.505 e. The fourth-order valence-electron chi connectivity index (χ4n) is 2.55. The molecule has 1 N–H and O–H groups in total. The second-order valence-corrected chi connectivity index (χ2v) is 6.89. The van der Waals surface area contributed by atoms with Gasteiger partial charge in [0.05, 0.1) is 0 Å². The Morgan fingerprint density at radius 2 is 1.76 bits per heavy atom. The summed E-state index contributed by atoms with van der Waals surface area (Å²) in [6.07, 6.45) is 0.269. The standard InChI is InChI=1S/C19H21N3O3/c1-5-17(23)25-12-10-13(19(2,3)4)18(24)16(11-12)22-20-14-8-6-7-9-15(14)21-22/h6-11,24H,5H2,1-4H3. The van der Waals surface area contributed by atoms with Crippen molar-refractivity contribution in [3.8, 4) is 17.2 Å². The molecule has 130 valence electrons. The summed E-state index contributed by atoms with van der Waals surface area (Å²) in [6, 6.07) is 10.7. The molecular formula is C19H21N3O3. The van der Waals surface area contributed by atoms with Crippen molar-refractivity contribution in [2.45, 2.75) is 39.5 Å². The van der Waals surface area contributed by atoms with E-state index in [1.807, 2.05) is 45.0 Å². The predicted octanol–water partition coefficient (Wildman–Crippen LogP) is 3.74. The van der Waals surface area contributed by atoms with Crippen LogP contribution >= 0.6 is 0 Å². The van der Waals surface area contributed by atoms with Crippen LogP contribution in [0, 0.1) is 0 Å². The minimum atomic E-state index is -0.347. The van der Waals surface area contributed by atoms with Crippen LogP contribution in [0.15, 0.2) is 36.4 Å². The third kappa shape index (κ3) is 3.33. The number of phenolic OH excluding ortho intramolecular Hbond substituents is 1.